The molecular weight excluding hydrogens is 260 g/mol. The molecule has 0 bridgehead atoms. The lowest BCUT2D eigenvalue weighted by Gasteiger charge is -2.46. The molecule has 1 saturated heterocycles. The monoisotopic (exact) mass is 290 g/mol. The second-order valence-electron chi connectivity index (χ2n) is 8.56. The highest BCUT2D eigenvalue weighted by Crippen LogP contribution is 2.54. The van der Waals surface area contributed by atoms with Crippen LogP contribution in [0.1, 0.15) is 60.3 Å². The molecule has 2 aliphatic carbocycles. The zero-order valence-corrected chi connectivity index (χ0v) is 14.3. The zero-order chi connectivity index (χ0) is 15.3. The predicted octanol–water partition coefficient (Wildman–Crippen LogP) is 4.86. The van der Waals surface area contributed by atoms with E-state index < -0.39 is 0 Å². The van der Waals surface area contributed by atoms with Gasteiger partial charge in [0.05, 0.1) is 13.2 Å². The van der Waals surface area contributed by atoms with Gasteiger partial charge in [-0.05, 0) is 29.9 Å². The molecule has 21 heavy (non-hydrogen) atoms. The first-order chi connectivity index (χ1) is 9.75. The van der Waals surface area contributed by atoms with Crippen LogP contribution >= 0.6 is 0 Å². The highest BCUT2D eigenvalue weighted by molar-refractivity contribution is 5.44. The van der Waals surface area contributed by atoms with Crippen LogP contribution in [0.2, 0.25) is 0 Å². The lowest BCUT2D eigenvalue weighted by atomic mass is 9.75. The van der Waals surface area contributed by atoms with E-state index in [-0.39, 0.29) is 16.6 Å². The van der Waals surface area contributed by atoms with Gasteiger partial charge in [0, 0.05) is 23.7 Å². The fourth-order valence-corrected chi connectivity index (χ4v) is 4.08. The van der Waals surface area contributed by atoms with Crippen LogP contribution in [0.5, 0.6) is 0 Å². The first-order valence-corrected chi connectivity index (χ1v) is 8.44. The molecule has 0 aromatic carbocycles. The number of hydrogen-bond acceptors (Lipinski definition) is 2. The van der Waals surface area contributed by atoms with Gasteiger partial charge < -0.3 is 9.47 Å². The normalized spacial score (nSPS) is 34.4. The first kappa shape index (κ1) is 15.3. The second kappa shape index (κ2) is 4.96. The van der Waals surface area contributed by atoms with Crippen LogP contribution in [0.4, 0.5) is 0 Å². The van der Waals surface area contributed by atoms with E-state index in [9.17, 15) is 0 Å². The number of fused-ring (bicyclic) bond motifs is 1. The smallest absolute Gasteiger partial charge is 0.169 e. The van der Waals surface area contributed by atoms with Crippen molar-refractivity contribution in [1.82, 2.24) is 0 Å². The van der Waals surface area contributed by atoms with Gasteiger partial charge in [0.25, 0.3) is 0 Å². The molecule has 1 aliphatic heterocycles. The Hall–Kier alpha value is -0.600. The molecule has 1 heterocycles. The molecule has 118 valence electrons. The van der Waals surface area contributed by atoms with Gasteiger partial charge in [0.2, 0.25) is 0 Å². The summed E-state index contributed by atoms with van der Waals surface area (Å²) < 4.78 is 12.6. The maximum atomic E-state index is 6.29. The predicted molar refractivity (Wildman–Crippen MR) is 86.0 cm³/mol. The lowest BCUT2D eigenvalue weighted by Crippen LogP contribution is -2.49. The van der Waals surface area contributed by atoms with E-state index in [2.05, 4.69) is 46.8 Å². The van der Waals surface area contributed by atoms with Gasteiger partial charge in [0.1, 0.15) is 0 Å². The zero-order valence-electron chi connectivity index (χ0n) is 14.3. The molecule has 3 rings (SSSR count). The van der Waals surface area contributed by atoms with E-state index in [4.69, 9.17) is 9.47 Å². The Morgan fingerprint density at radius 1 is 1.05 bits per heavy atom. The van der Waals surface area contributed by atoms with Crippen molar-refractivity contribution in [3.8, 4) is 0 Å². The van der Waals surface area contributed by atoms with Crippen molar-refractivity contribution in [1.29, 1.82) is 0 Å². The minimum Gasteiger partial charge on any atom is -0.349 e. The molecule has 1 spiro atoms. The van der Waals surface area contributed by atoms with Gasteiger partial charge in [-0.3, -0.25) is 0 Å². The second-order valence-corrected chi connectivity index (χ2v) is 8.56. The average Bonchev–Trinajstić information content (AvgIpc) is 2.63. The molecule has 1 atom stereocenters. The Kier molecular flexibility index (Phi) is 3.61. The third-order valence-corrected chi connectivity index (χ3v) is 5.34. The molecule has 0 unspecified atom stereocenters. The van der Waals surface area contributed by atoms with Gasteiger partial charge in [-0.1, -0.05) is 46.8 Å². The van der Waals surface area contributed by atoms with Crippen molar-refractivity contribution in [3.63, 3.8) is 0 Å². The van der Waals surface area contributed by atoms with Gasteiger partial charge in [0.15, 0.2) is 5.79 Å². The average molecular weight is 290 g/mol. The van der Waals surface area contributed by atoms with Crippen LogP contribution in [0.3, 0.4) is 0 Å². The standard InChI is InChI=1S/C19H30O2/c1-14(2)15-8-10-18(5)11-19(9-6-7-16(15)18)20-12-17(3,4)13-21-19/h7-8,14H,6,9-13H2,1-5H3/t18-/m1/s1. The van der Waals surface area contributed by atoms with E-state index in [1.807, 2.05) is 0 Å². The molecule has 0 saturated carbocycles. The van der Waals surface area contributed by atoms with Crippen LogP contribution in [-0.2, 0) is 9.47 Å². The van der Waals surface area contributed by atoms with E-state index >= 15 is 0 Å². The minimum absolute atomic E-state index is 0.145. The Morgan fingerprint density at radius 2 is 1.71 bits per heavy atom. The summed E-state index contributed by atoms with van der Waals surface area (Å²) in [6.07, 6.45) is 9.09. The molecule has 1 fully saturated rings. The van der Waals surface area contributed by atoms with Crippen molar-refractivity contribution >= 4 is 0 Å². The summed E-state index contributed by atoms with van der Waals surface area (Å²) in [5.41, 5.74) is 3.45. The highest BCUT2D eigenvalue weighted by atomic mass is 16.7. The molecule has 0 radical (unpaired) electrons. The quantitative estimate of drug-likeness (QED) is 0.686. The number of hydrogen-bond donors (Lipinski definition) is 0. The summed E-state index contributed by atoms with van der Waals surface area (Å²) in [6, 6.07) is 0. The van der Waals surface area contributed by atoms with Crippen molar-refractivity contribution in [2.75, 3.05) is 13.2 Å². The lowest BCUT2D eigenvalue weighted by molar-refractivity contribution is -0.310. The van der Waals surface area contributed by atoms with Crippen LogP contribution in [0.15, 0.2) is 23.3 Å². The van der Waals surface area contributed by atoms with Gasteiger partial charge >= 0.3 is 0 Å². The number of rotatable bonds is 1. The Balaban J connectivity index is 1.82. The molecule has 2 heteroatoms. The fraction of sp³-hybridized carbons (Fsp3) is 0.789. The number of ether oxygens (including phenoxy) is 2. The molecule has 2 nitrogen and oxygen atoms in total. The molecule has 0 N–H and O–H groups in total. The summed E-state index contributed by atoms with van der Waals surface area (Å²) >= 11 is 0. The van der Waals surface area contributed by atoms with Gasteiger partial charge in [-0.2, -0.15) is 0 Å². The van der Waals surface area contributed by atoms with Crippen LogP contribution in [0.25, 0.3) is 0 Å². The highest BCUT2D eigenvalue weighted by Gasteiger charge is 2.49. The SMILES string of the molecule is CC(C)C1=CC[C@]2(C)CC3(CCC=C12)OCC(C)(C)CO3. The van der Waals surface area contributed by atoms with Crippen LogP contribution in [-0.4, -0.2) is 19.0 Å². The van der Waals surface area contributed by atoms with Crippen molar-refractivity contribution < 1.29 is 9.47 Å². The van der Waals surface area contributed by atoms with E-state index in [1.165, 1.54) is 0 Å². The van der Waals surface area contributed by atoms with Crippen molar-refractivity contribution in [2.45, 2.75) is 66.1 Å². The fourth-order valence-electron chi connectivity index (χ4n) is 4.08. The van der Waals surface area contributed by atoms with Crippen molar-refractivity contribution in [3.05, 3.63) is 23.3 Å². The molecule has 3 aliphatic rings. The van der Waals surface area contributed by atoms with E-state index in [0.717, 1.165) is 38.9 Å². The largest absolute Gasteiger partial charge is 0.349 e. The third kappa shape index (κ3) is 2.73. The van der Waals surface area contributed by atoms with Gasteiger partial charge in [-0.25, -0.2) is 0 Å². The maximum absolute atomic E-state index is 6.29. The van der Waals surface area contributed by atoms with Crippen LogP contribution < -0.4 is 0 Å². The Morgan fingerprint density at radius 3 is 2.33 bits per heavy atom. The number of allylic oxidation sites excluding steroid dienone is 4. The Labute approximate surface area is 129 Å². The minimum atomic E-state index is -0.358. The summed E-state index contributed by atoms with van der Waals surface area (Å²) in [5, 5.41) is 0. The summed E-state index contributed by atoms with van der Waals surface area (Å²) in [7, 11) is 0. The molecule has 0 aromatic rings. The Bertz CT molecular complexity index is 474. The van der Waals surface area contributed by atoms with E-state index in [1.54, 1.807) is 11.1 Å². The summed E-state index contributed by atoms with van der Waals surface area (Å²) in [4.78, 5) is 0. The molecular formula is C19H30O2. The van der Waals surface area contributed by atoms with Crippen molar-refractivity contribution in [2.24, 2.45) is 16.7 Å². The molecule has 0 amide bonds. The summed E-state index contributed by atoms with van der Waals surface area (Å²) in [5.74, 6) is 0.252. The third-order valence-electron chi connectivity index (χ3n) is 5.34. The summed E-state index contributed by atoms with van der Waals surface area (Å²) in [6.45, 7) is 13.0. The van der Waals surface area contributed by atoms with Crippen LogP contribution in [0, 0.1) is 16.7 Å². The first-order valence-electron chi connectivity index (χ1n) is 8.44. The van der Waals surface area contributed by atoms with E-state index in [0.29, 0.717) is 5.92 Å². The van der Waals surface area contributed by atoms with Gasteiger partial charge in [-0.15, -0.1) is 0 Å². The molecule has 0 aromatic heterocycles. The topological polar surface area (TPSA) is 18.5 Å². The maximum Gasteiger partial charge on any atom is 0.169 e.